The van der Waals surface area contributed by atoms with E-state index in [9.17, 15) is 0 Å². The van der Waals surface area contributed by atoms with Crippen molar-refractivity contribution in [3.8, 4) is 0 Å². The molecule has 0 saturated heterocycles. The van der Waals surface area contributed by atoms with E-state index in [1.165, 1.54) is 9.75 Å². The summed E-state index contributed by atoms with van der Waals surface area (Å²) in [6.07, 6.45) is 0. The minimum atomic E-state index is -0.200. The van der Waals surface area contributed by atoms with Crippen LogP contribution >= 0.6 is 11.3 Å². The van der Waals surface area contributed by atoms with E-state index < -0.39 is 0 Å². The molecule has 1 rings (SSSR count). The zero-order valence-corrected chi connectivity index (χ0v) is 9.96. The number of rotatable bonds is 1. The molecule has 1 heterocycles. The molecule has 0 aromatic carbocycles. The van der Waals surface area contributed by atoms with Gasteiger partial charge in [0.1, 0.15) is 0 Å². The molecule has 0 aliphatic carbocycles. The fourth-order valence-electron chi connectivity index (χ4n) is 1.09. The summed E-state index contributed by atoms with van der Waals surface area (Å²) in [5.74, 6) is 0. The Morgan fingerprint density at radius 1 is 1.00 bits per heavy atom. The van der Waals surface area contributed by atoms with Crippen molar-refractivity contribution in [2.24, 2.45) is 5.73 Å². The molecule has 0 atom stereocenters. The van der Waals surface area contributed by atoms with Gasteiger partial charge in [-0.15, -0.1) is 11.3 Å². The topological polar surface area (TPSA) is 26.0 Å². The average molecular weight is 197 g/mol. The smallest absolute Gasteiger partial charge is 0.0446 e. The van der Waals surface area contributed by atoms with Crippen LogP contribution in [-0.2, 0) is 11.0 Å². The molecule has 74 valence electrons. The van der Waals surface area contributed by atoms with Crippen LogP contribution in [0.15, 0.2) is 12.1 Å². The van der Waals surface area contributed by atoms with Crippen molar-refractivity contribution in [1.29, 1.82) is 0 Å². The van der Waals surface area contributed by atoms with Crippen LogP contribution in [0, 0.1) is 0 Å². The van der Waals surface area contributed by atoms with Crippen LogP contribution in [0.1, 0.15) is 44.4 Å². The molecule has 0 spiro atoms. The molecular formula is C11H19NS. The maximum Gasteiger partial charge on any atom is 0.0446 e. The number of thiophene rings is 1. The van der Waals surface area contributed by atoms with Gasteiger partial charge in [-0.3, -0.25) is 0 Å². The van der Waals surface area contributed by atoms with Gasteiger partial charge in [0.25, 0.3) is 0 Å². The summed E-state index contributed by atoms with van der Waals surface area (Å²) >= 11 is 1.82. The molecular weight excluding hydrogens is 178 g/mol. The number of nitrogens with two attached hydrogens (primary N) is 1. The van der Waals surface area contributed by atoms with Crippen LogP contribution < -0.4 is 5.73 Å². The summed E-state index contributed by atoms with van der Waals surface area (Å²) in [5.41, 5.74) is 6.07. The molecule has 0 radical (unpaired) electrons. The fourth-order valence-corrected chi connectivity index (χ4v) is 2.17. The van der Waals surface area contributed by atoms with E-state index in [2.05, 4.69) is 32.9 Å². The van der Waals surface area contributed by atoms with Gasteiger partial charge < -0.3 is 5.73 Å². The molecule has 1 aromatic rings. The van der Waals surface area contributed by atoms with Crippen LogP contribution in [0.5, 0.6) is 0 Å². The third kappa shape index (κ3) is 2.55. The highest BCUT2D eigenvalue weighted by molar-refractivity contribution is 7.12. The standard InChI is InChI=1S/C11H19NS/c1-10(2,3)8-6-7-9(13-8)11(4,5)12/h6-7H,12H2,1-5H3. The Hall–Kier alpha value is -0.340. The van der Waals surface area contributed by atoms with Crippen LogP contribution in [0.25, 0.3) is 0 Å². The van der Waals surface area contributed by atoms with Gasteiger partial charge in [0.2, 0.25) is 0 Å². The Morgan fingerprint density at radius 2 is 1.46 bits per heavy atom. The van der Waals surface area contributed by atoms with Gasteiger partial charge in [0, 0.05) is 15.3 Å². The van der Waals surface area contributed by atoms with E-state index in [1.54, 1.807) is 0 Å². The second-order valence-electron chi connectivity index (χ2n) is 5.14. The SMILES string of the molecule is CC(C)(C)c1ccc(C(C)(C)N)s1. The first-order valence-electron chi connectivity index (χ1n) is 4.61. The molecule has 2 N–H and O–H groups in total. The van der Waals surface area contributed by atoms with Gasteiger partial charge in [0.15, 0.2) is 0 Å². The highest BCUT2D eigenvalue weighted by Gasteiger charge is 2.21. The third-order valence-electron chi connectivity index (χ3n) is 1.98. The fraction of sp³-hybridized carbons (Fsp3) is 0.636. The van der Waals surface area contributed by atoms with Crippen LogP contribution in [-0.4, -0.2) is 0 Å². The van der Waals surface area contributed by atoms with E-state index in [-0.39, 0.29) is 11.0 Å². The molecule has 0 bridgehead atoms. The Kier molecular flexibility index (Phi) is 2.56. The lowest BCUT2D eigenvalue weighted by atomic mass is 9.95. The first kappa shape index (κ1) is 10.7. The highest BCUT2D eigenvalue weighted by atomic mass is 32.1. The van der Waals surface area contributed by atoms with Crippen molar-refractivity contribution in [2.45, 2.75) is 45.6 Å². The van der Waals surface area contributed by atoms with Crippen molar-refractivity contribution in [2.75, 3.05) is 0 Å². The lowest BCUT2D eigenvalue weighted by Crippen LogP contribution is -2.27. The number of hydrogen-bond donors (Lipinski definition) is 1. The lowest BCUT2D eigenvalue weighted by Gasteiger charge is -2.18. The van der Waals surface area contributed by atoms with Gasteiger partial charge in [-0.05, 0) is 31.4 Å². The minimum absolute atomic E-state index is 0.200. The molecule has 2 heteroatoms. The zero-order chi connectivity index (χ0) is 10.3. The summed E-state index contributed by atoms with van der Waals surface area (Å²) in [6.45, 7) is 10.8. The molecule has 0 unspecified atom stereocenters. The van der Waals surface area contributed by atoms with Gasteiger partial charge in [-0.2, -0.15) is 0 Å². The Balaban J connectivity index is 3.01. The van der Waals surface area contributed by atoms with Crippen molar-refractivity contribution in [3.63, 3.8) is 0 Å². The van der Waals surface area contributed by atoms with Crippen LogP contribution in [0.3, 0.4) is 0 Å². The first-order valence-corrected chi connectivity index (χ1v) is 5.42. The maximum absolute atomic E-state index is 6.02. The second kappa shape index (κ2) is 3.10. The van der Waals surface area contributed by atoms with Crippen molar-refractivity contribution < 1.29 is 0 Å². The van der Waals surface area contributed by atoms with Crippen LogP contribution in [0.4, 0.5) is 0 Å². The summed E-state index contributed by atoms with van der Waals surface area (Å²) in [7, 11) is 0. The lowest BCUT2D eigenvalue weighted by molar-refractivity contribution is 0.567. The summed E-state index contributed by atoms with van der Waals surface area (Å²) in [6, 6.07) is 4.33. The molecule has 1 nitrogen and oxygen atoms in total. The van der Waals surface area contributed by atoms with Gasteiger partial charge in [-0.1, -0.05) is 20.8 Å². The Labute approximate surface area is 85.0 Å². The molecule has 0 saturated carbocycles. The van der Waals surface area contributed by atoms with E-state index >= 15 is 0 Å². The first-order chi connectivity index (χ1) is 5.71. The summed E-state index contributed by atoms with van der Waals surface area (Å²) in [4.78, 5) is 2.67. The monoisotopic (exact) mass is 197 g/mol. The minimum Gasteiger partial charge on any atom is -0.321 e. The van der Waals surface area contributed by atoms with Gasteiger partial charge >= 0.3 is 0 Å². The summed E-state index contributed by atoms with van der Waals surface area (Å²) in [5, 5.41) is 0. The molecule has 13 heavy (non-hydrogen) atoms. The molecule has 1 aromatic heterocycles. The van der Waals surface area contributed by atoms with E-state index in [0.29, 0.717) is 0 Å². The van der Waals surface area contributed by atoms with Gasteiger partial charge in [0.05, 0.1) is 0 Å². The van der Waals surface area contributed by atoms with E-state index in [1.807, 2.05) is 25.2 Å². The van der Waals surface area contributed by atoms with Gasteiger partial charge in [-0.25, -0.2) is 0 Å². The van der Waals surface area contributed by atoms with Crippen molar-refractivity contribution in [1.82, 2.24) is 0 Å². The molecule has 0 aliphatic heterocycles. The maximum atomic E-state index is 6.02. The molecule has 0 amide bonds. The molecule has 0 fully saturated rings. The Bertz CT molecular complexity index is 257. The highest BCUT2D eigenvalue weighted by Crippen LogP contribution is 2.33. The number of hydrogen-bond acceptors (Lipinski definition) is 2. The predicted molar refractivity (Wildman–Crippen MR) is 60.2 cm³/mol. The third-order valence-corrected chi connectivity index (χ3v) is 3.83. The normalized spacial score (nSPS) is 13.4. The Morgan fingerprint density at radius 3 is 1.69 bits per heavy atom. The van der Waals surface area contributed by atoms with Crippen molar-refractivity contribution >= 4 is 11.3 Å². The van der Waals surface area contributed by atoms with Crippen LogP contribution in [0.2, 0.25) is 0 Å². The quantitative estimate of drug-likeness (QED) is 0.735. The van der Waals surface area contributed by atoms with E-state index in [4.69, 9.17) is 5.73 Å². The average Bonchev–Trinajstić information content (AvgIpc) is 2.28. The zero-order valence-electron chi connectivity index (χ0n) is 9.14. The predicted octanol–water partition coefficient (Wildman–Crippen LogP) is 3.24. The van der Waals surface area contributed by atoms with E-state index in [0.717, 1.165) is 0 Å². The second-order valence-corrected chi connectivity index (χ2v) is 6.22. The summed E-state index contributed by atoms with van der Waals surface area (Å²) < 4.78 is 0. The largest absolute Gasteiger partial charge is 0.321 e. The van der Waals surface area contributed by atoms with Crippen molar-refractivity contribution in [3.05, 3.63) is 21.9 Å². The molecule has 0 aliphatic rings.